The molecule has 0 bridgehead atoms. The Morgan fingerprint density at radius 3 is 2.76 bits per heavy atom. The molecule has 4 unspecified atom stereocenters. The Kier molecular flexibility index (Phi) is 4.27. The van der Waals surface area contributed by atoms with Gasteiger partial charge in [-0.2, -0.15) is 0 Å². The Balaban J connectivity index is 1.81. The molecule has 2 aliphatic rings. The third kappa shape index (κ3) is 2.70. The number of nitrogens with one attached hydrogen (secondary N) is 1. The van der Waals surface area contributed by atoms with E-state index in [-0.39, 0.29) is 24.2 Å². The molecule has 4 heteroatoms. The number of benzene rings is 1. The zero-order valence-corrected chi connectivity index (χ0v) is 12.8. The minimum atomic E-state index is -0.207. The molecule has 0 saturated carbocycles. The lowest BCUT2D eigenvalue weighted by Gasteiger charge is -2.33. The molecule has 4 nitrogen and oxygen atoms in total. The third-order valence-corrected chi connectivity index (χ3v) is 4.80. The van der Waals surface area contributed by atoms with Crippen LogP contribution in [0.4, 0.5) is 0 Å². The molecule has 2 aliphatic heterocycles. The van der Waals surface area contributed by atoms with Crippen molar-refractivity contribution in [1.29, 1.82) is 0 Å². The minimum absolute atomic E-state index is 0.123. The number of carbonyl (C=O) groups is 1. The first-order chi connectivity index (χ1) is 10.2. The van der Waals surface area contributed by atoms with Crippen LogP contribution < -0.4 is 5.32 Å². The van der Waals surface area contributed by atoms with Crippen molar-refractivity contribution < 1.29 is 9.53 Å². The zero-order chi connectivity index (χ0) is 14.8. The summed E-state index contributed by atoms with van der Waals surface area (Å²) in [6, 6.07) is 10.0. The fraction of sp³-hybridized carbons (Fsp3) is 0.588. The molecular formula is C17H24N2O2. The molecule has 114 valence electrons. The Hall–Kier alpha value is -1.39. The predicted molar refractivity (Wildman–Crippen MR) is 81.6 cm³/mol. The number of ether oxygens (including phenoxy) is 1. The average molecular weight is 288 g/mol. The highest BCUT2D eigenvalue weighted by Gasteiger charge is 2.43. The van der Waals surface area contributed by atoms with Crippen LogP contribution in [0, 0.1) is 5.92 Å². The molecule has 0 radical (unpaired) electrons. The van der Waals surface area contributed by atoms with Crippen molar-refractivity contribution in [2.24, 2.45) is 5.92 Å². The molecule has 1 aromatic carbocycles. The molecule has 0 aromatic heterocycles. The molecule has 1 amide bonds. The molecule has 2 fully saturated rings. The van der Waals surface area contributed by atoms with Gasteiger partial charge < -0.3 is 9.64 Å². The summed E-state index contributed by atoms with van der Waals surface area (Å²) in [5.41, 5.74) is 1.05. The Labute approximate surface area is 126 Å². The van der Waals surface area contributed by atoms with Gasteiger partial charge in [-0.05, 0) is 25.3 Å². The van der Waals surface area contributed by atoms with Crippen molar-refractivity contribution in [2.75, 3.05) is 13.2 Å². The van der Waals surface area contributed by atoms with Crippen molar-refractivity contribution in [2.45, 2.75) is 44.9 Å². The van der Waals surface area contributed by atoms with E-state index in [4.69, 9.17) is 4.74 Å². The number of carbonyl (C=O) groups excluding carboxylic acids is 1. The smallest absolute Gasteiger partial charge is 0.245 e. The molecule has 21 heavy (non-hydrogen) atoms. The lowest BCUT2D eigenvalue weighted by atomic mass is 9.98. The van der Waals surface area contributed by atoms with Gasteiger partial charge in [0.05, 0.1) is 12.8 Å². The van der Waals surface area contributed by atoms with Crippen molar-refractivity contribution in [1.82, 2.24) is 10.2 Å². The molecule has 2 heterocycles. The first-order valence-electron chi connectivity index (χ1n) is 7.93. The van der Waals surface area contributed by atoms with Crippen molar-refractivity contribution in [3.8, 4) is 0 Å². The summed E-state index contributed by atoms with van der Waals surface area (Å²) in [5, 5.41) is 3.50. The number of nitrogens with zero attached hydrogens (tertiary/aromatic N) is 1. The van der Waals surface area contributed by atoms with Gasteiger partial charge in [-0.15, -0.1) is 0 Å². The third-order valence-electron chi connectivity index (χ3n) is 4.80. The quantitative estimate of drug-likeness (QED) is 0.924. The lowest BCUT2D eigenvalue weighted by Crippen LogP contribution is -2.46. The van der Waals surface area contributed by atoms with E-state index in [9.17, 15) is 4.79 Å². The van der Waals surface area contributed by atoms with Crippen LogP contribution in [0.3, 0.4) is 0 Å². The summed E-state index contributed by atoms with van der Waals surface area (Å²) in [7, 11) is 0. The lowest BCUT2D eigenvalue weighted by molar-refractivity contribution is -0.133. The Morgan fingerprint density at radius 2 is 2.14 bits per heavy atom. The molecular weight excluding hydrogens is 264 g/mol. The highest BCUT2D eigenvalue weighted by molar-refractivity contribution is 5.86. The standard InChI is InChI=1S/C17H24N2O2/c1-3-15-18-16(13-7-5-4-6-8-13)17(20)19(15)12(2)14-9-10-21-11-14/h4-8,12,14-16,18H,3,9-11H2,1-2H3. The van der Waals surface area contributed by atoms with Crippen LogP contribution in [0.1, 0.15) is 38.3 Å². The minimum Gasteiger partial charge on any atom is -0.381 e. The van der Waals surface area contributed by atoms with Crippen molar-refractivity contribution >= 4 is 5.91 Å². The average Bonchev–Trinajstić information content (AvgIpc) is 3.15. The van der Waals surface area contributed by atoms with Crippen molar-refractivity contribution in [3.05, 3.63) is 35.9 Å². The summed E-state index contributed by atoms with van der Waals surface area (Å²) in [6.45, 7) is 5.89. The predicted octanol–water partition coefficient (Wildman–Crippen LogP) is 2.32. The van der Waals surface area contributed by atoms with Crippen LogP contribution in [-0.2, 0) is 9.53 Å². The van der Waals surface area contributed by atoms with E-state index in [0.717, 1.165) is 31.6 Å². The molecule has 4 atom stereocenters. The highest BCUT2D eigenvalue weighted by Crippen LogP contribution is 2.31. The largest absolute Gasteiger partial charge is 0.381 e. The van der Waals surface area contributed by atoms with Gasteiger partial charge in [-0.25, -0.2) is 0 Å². The van der Waals surface area contributed by atoms with E-state index in [0.29, 0.717) is 5.92 Å². The topological polar surface area (TPSA) is 41.6 Å². The summed E-state index contributed by atoms with van der Waals surface area (Å²) >= 11 is 0. The number of amides is 1. The maximum atomic E-state index is 12.9. The Bertz CT molecular complexity index is 485. The maximum Gasteiger partial charge on any atom is 0.245 e. The van der Waals surface area contributed by atoms with E-state index in [1.54, 1.807) is 0 Å². The molecule has 1 aromatic rings. The van der Waals surface area contributed by atoms with Crippen molar-refractivity contribution in [3.63, 3.8) is 0 Å². The van der Waals surface area contributed by atoms with E-state index in [2.05, 4.69) is 24.1 Å². The summed E-state index contributed by atoms with van der Waals surface area (Å²) < 4.78 is 5.50. The zero-order valence-electron chi connectivity index (χ0n) is 12.8. The van der Waals surface area contributed by atoms with E-state index in [1.807, 2.05) is 30.3 Å². The monoisotopic (exact) mass is 288 g/mol. The van der Waals surface area contributed by atoms with Crippen LogP contribution in [0.5, 0.6) is 0 Å². The summed E-state index contributed by atoms with van der Waals surface area (Å²) in [4.78, 5) is 14.9. The SMILES string of the molecule is CCC1NC(c2ccccc2)C(=O)N1C(C)C1CCOC1. The fourth-order valence-electron chi connectivity index (χ4n) is 3.49. The van der Waals surface area contributed by atoms with Crippen LogP contribution >= 0.6 is 0 Å². The Morgan fingerprint density at radius 1 is 1.38 bits per heavy atom. The molecule has 0 spiro atoms. The molecule has 2 saturated heterocycles. The second-order valence-corrected chi connectivity index (χ2v) is 6.04. The van der Waals surface area contributed by atoms with E-state index in [1.165, 1.54) is 0 Å². The molecule has 3 rings (SSSR count). The first-order valence-corrected chi connectivity index (χ1v) is 7.93. The number of hydrogen-bond donors (Lipinski definition) is 1. The van der Waals surface area contributed by atoms with Crippen LogP contribution in [0.25, 0.3) is 0 Å². The van der Waals surface area contributed by atoms with Gasteiger partial charge in [0.1, 0.15) is 6.04 Å². The number of hydrogen-bond acceptors (Lipinski definition) is 3. The van der Waals surface area contributed by atoms with Gasteiger partial charge in [-0.3, -0.25) is 10.1 Å². The van der Waals surface area contributed by atoms with E-state index >= 15 is 0 Å². The van der Waals surface area contributed by atoms with Gasteiger partial charge >= 0.3 is 0 Å². The van der Waals surface area contributed by atoms with Crippen LogP contribution in [0.2, 0.25) is 0 Å². The maximum absolute atomic E-state index is 12.9. The van der Waals surface area contributed by atoms with Gasteiger partial charge in [0.2, 0.25) is 5.91 Å². The second-order valence-electron chi connectivity index (χ2n) is 6.04. The highest BCUT2D eigenvalue weighted by atomic mass is 16.5. The number of rotatable bonds is 4. The van der Waals surface area contributed by atoms with E-state index < -0.39 is 0 Å². The normalized spacial score (nSPS) is 30.9. The van der Waals surface area contributed by atoms with Gasteiger partial charge in [0.25, 0.3) is 0 Å². The van der Waals surface area contributed by atoms with Gasteiger partial charge in [-0.1, -0.05) is 37.3 Å². The second kappa shape index (κ2) is 6.16. The van der Waals surface area contributed by atoms with Crippen LogP contribution in [0.15, 0.2) is 30.3 Å². The summed E-state index contributed by atoms with van der Waals surface area (Å²) in [5.74, 6) is 0.659. The first kappa shape index (κ1) is 14.5. The molecule has 0 aliphatic carbocycles. The van der Waals surface area contributed by atoms with Crippen LogP contribution in [-0.4, -0.2) is 36.2 Å². The van der Waals surface area contributed by atoms with Gasteiger partial charge in [0, 0.05) is 18.6 Å². The molecule has 1 N–H and O–H groups in total. The van der Waals surface area contributed by atoms with Gasteiger partial charge in [0.15, 0.2) is 0 Å². The summed E-state index contributed by atoms with van der Waals surface area (Å²) in [6.07, 6.45) is 2.10. The fourth-order valence-corrected chi connectivity index (χ4v) is 3.49.